The molecular weight excluding hydrogens is 354 g/mol. The van der Waals surface area contributed by atoms with Crippen LogP contribution >= 0.6 is 0 Å². The third-order valence-electron chi connectivity index (χ3n) is 4.09. The normalized spacial score (nSPS) is 12.5. The number of aromatic nitrogens is 2. The highest BCUT2D eigenvalue weighted by molar-refractivity contribution is 5.50. The summed E-state index contributed by atoms with van der Waals surface area (Å²) >= 11 is 0. The van der Waals surface area contributed by atoms with Crippen molar-refractivity contribution in [3.63, 3.8) is 0 Å². The second-order valence-corrected chi connectivity index (χ2v) is 6.66. The summed E-state index contributed by atoms with van der Waals surface area (Å²) in [5.74, 6) is 0.759. The van der Waals surface area contributed by atoms with Gasteiger partial charge in [0.1, 0.15) is 23.1 Å². The molecule has 3 rings (SSSR count). The maximum atomic E-state index is 12.4. The summed E-state index contributed by atoms with van der Waals surface area (Å²) in [6, 6.07) is 16.7. The van der Waals surface area contributed by atoms with E-state index < -0.39 is 0 Å². The van der Waals surface area contributed by atoms with Crippen LogP contribution in [0.1, 0.15) is 11.1 Å². The first-order chi connectivity index (χ1) is 13.5. The van der Waals surface area contributed by atoms with Crippen LogP contribution in [0.3, 0.4) is 0 Å². The molecule has 2 aromatic carbocycles. The molecule has 0 amide bonds. The summed E-state index contributed by atoms with van der Waals surface area (Å²) in [5, 5.41) is 0.425. The van der Waals surface area contributed by atoms with Gasteiger partial charge in [0, 0.05) is 6.54 Å². The number of likely N-dealkylation sites (N-methyl/N-ethyl adjacent to an activating group) is 1. The van der Waals surface area contributed by atoms with Gasteiger partial charge >= 0.3 is 0 Å². The molecule has 0 bridgehead atoms. The predicted octanol–water partition coefficient (Wildman–Crippen LogP) is 0.661. The summed E-state index contributed by atoms with van der Waals surface area (Å²) in [4.78, 5) is 32.0. The van der Waals surface area contributed by atoms with Crippen LogP contribution in [0.2, 0.25) is 0 Å². The predicted molar refractivity (Wildman–Crippen MR) is 111 cm³/mol. The zero-order valence-electron chi connectivity index (χ0n) is 15.9. The maximum Gasteiger partial charge on any atom is 0.272 e. The zero-order valence-corrected chi connectivity index (χ0v) is 15.9. The third kappa shape index (κ3) is 5.31. The molecule has 0 aliphatic heterocycles. The van der Waals surface area contributed by atoms with Gasteiger partial charge < -0.3 is 19.6 Å². The molecule has 6 nitrogen and oxygen atoms in total. The molecule has 28 heavy (non-hydrogen) atoms. The molecule has 0 saturated carbocycles. The summed E-state index contributed by atoms with van der Waals surface area (Å²) < 4.78 is 5.65. The van der Waals surface area contributed by atoms with Gasteiger partial charge in [0.2, 0.25) is 0 Å². The van der Waals surface area contributed by atoms with Gasteiger partial charge in [-0.3, -0.25) is 9.59 Å². The molecule has 0 saturated heterocycles. The monoisotopic (exact) mass is 377 g/mol. The molecule has 3 aromatic rings. The SMILES string of the molecule is CN(C)CCOc1ccc(/C=c2\[nH]c(=O)/c(=C/c3ccccc3)[nH]c2=O)cc1. The van der Waals surface area contributed by atoms with E-state index in [2.05, 4.69) is 9.97 Å². The van der Waals surface area contributed by atoms with Crippen molar-refractivity contribution in [2.45, 2.75) is 0 Å². The van der Waals surface area contributed by atoms with Gasteiger partial charge in [-0.1, -0.05) is 42.5 Å². The fourth-order valence-corrected chi connectivity index (χ4v) is 2.59. The summed E-state index contributed by atoms with van der Waals surface area (Å²) in [6.45, 7) is 1.43. The Hall–Kier alpha value is -3.38. The molecule has 0 radical (unpaired) electrons. The second-order valence-electron chi connectivity index (χ2n) is 6.66. The maximum absolute atomic E-state index is 12.4. The summed E-state index contributed by atoms with van der Waals surface area (Å²) in [7, 11) is 3.98. The minimum Gasteiger partial charge on any atom is -0.492 e. The third-order valence-corrected chi connectivity index (χ3v) is 4.09. The molecule has 0 fully saturated rings. The highest BCUT2D eigenvalue weighted by Gasteiger charge is 1.98. The fourth-order valence-electron chi connectivity index (χ4n) is 2.59. The Morgan fingerprint density at radius 1 is 0.821 bits per heavy atom. The van der Waals surface area contributed by atoms with Gasteiger partial charge in [-0.2, -0.15) is 0 Å². The van der Waals surface area contributed by atoms with Crippen LogP contribution < -0.4 is 26.6 Å². The van der Waals surface area contributed by atoms with Crippen LogP contribution in [-0.4, -0.2) is 42.1 Å². The van der Waals surface area contributed by atoms with Gasteiger partial charge in [-0.05, 0) is 49.5 Å². The Kier molecular flexibility index (Phi) is 6.24. The second kappa shape index (κ2) is 9.01. The van der Waals surface area contributed by atoms with E-state index in [0.29, 0.717) is 6.61 Å². The van der Waals surface area contributed by atoms with Crippen molar-refractivity contribution in [1.29, 1.82) is 0 Å². The molecule has 0 spiro atoms. The largest absolute Gasteiger partial charge is 0.492 e. The van der Waals surface area contributed by atoms with Crippen LogP contribution in [0.25, 0.3) is 12.2 Å². The minimum absolute atomic E-state index is 0.205. The Morgan fingerprint density at radius 3 is 1.89 bits per heavy atom. The number of nitrogens with one attached hydrogen (secondary N) is 2. The molecule has 0 aliphatic carbocycles. The smallest absolute Gasteiger partial charge is 0.272 e. The van der Waals surface area contributed by atoms with Crippen molar-refractivity contribution in [3.8, 4) is 5.75 Å². The molecule has 6 heteroatoms. The van der Waals surface area contributed by atoms with Gasteiger partial charge in [-0.15, -0.1) is 0 Å². The molecular formula is C22H23N3O3. The Balaban J connectivity index is 1.85. The van der Waals surface area contributed by atoms with Crippen molar-refractivity contribution >= 4 is 12.2 Å². The lowest BCUT2D eigenvalue weighted by atomic mass is 10.2. The van der Waals surface area contributed by atoms with Crippen molar-refractivity contribution in [2.75, 3.05) is 27.2 Å². The molecule has 1 heterocycles. The van der Waals surface area contributed by atoms with E-state index in [1.807, 2.05) is 73.6 Å². The van der Waals surface area contributed by atoms with E-state index >= 15 is 0 Å². The summed E-state index contributed by atoms with van der Waals surface area (Å²) in [6.07, 6.45) is 3.28. The standard InChI is InChI=1S/C22H23N3O3/c1-25(2)12-13-28-18-10-8-17(9-11-18)15-20-22(27)23-19(21(26)24-20)14-16-6-4-3-5-7-16/h3-11,14-15H,12-13H2,1-2H3,(H,23,27)(H,24,26)/b19-14-,20-15-. The van der Waals surface area contributed by atoms with Crippen molar-refractivity contribution in [2.24, 2.45) is 0 Å². The zero-order chi connectivity index (χ0) is 19.9. The van der Waals surface area contributed by atoms with Crippen LogP contribution in [0.4, 0.5) is 0 Å². The van der Waals surface area contributed by atoms with E-state index in [1.165, 1.54) is 0 Å². The number of rotatable bonds is 6. The summed E-state index contributed by atoms with van der Waals surface area (Å²) in [5.41, 5.74) is 0.928. The quantitative estimate of drug-likeness (QED) is 0.662. The lowest BCUT2D eigenvalue weighted by molar-refractivity contribution is 0.261. The Bertz CT molecular complexity index is 1140. The van der Waals surface area contributed by atoms with Gasteiger partial charge in [0.15, 0.2) is 0 Å². The number of benzene rings is 2. The lowest BCUT2D eigenvalue weighted by Gasteiger charge is -2.10. The lowest BCUT2D eigenvalue weighted by Crippen LogP contribution is -2.46. The van der Waals surface area contributed by atoms with E-state index in [0.717, 1.165) is 23.4 Å². The average Bonchev–Trinajstić information content (AvgIpc) is 2.68. The number of ether oxygens (including phenoxy) is 1. The highest BCUT2D eigenvalue weighted by Crippen LogP contribution is 2.12. The fraction of sp³-hybridized carbons (Fsp3) is 0.182. The molecule has 2 N–H and O–H groups in total. The Labute approximate surface area is 162 Å². The van der Waals surface area contributed by atoms with Crippen LogP contribution in [0, 0.1) is 0 Å². The number of hydrogen-bond donors (Lipinski definition) is 2. The molecule has 0 unspecified atom stereocenters. The van der Waals surface area contributed by atoms with E-state index in [9.17, 15) is 9.59 Å². The van der Waals surface area contributed by atoms with Crippen molar-refractivity contribution in [3.05, 3.63) is 97.1 Å². The molecule has 1 aromatic heterocycles. The Morgan fingerprint density at radius 2 is 1.36 bits per heavy atom. The van der Waals surface area contributed by atoms with Crippen molar-refractivity contribution in [1.82, 2.24) is 14.9 Å². The van der Waals surface area contributed by atoms with E-state index in [-0.39, 0.29) is 21.8 Å². The first-order valence-electron chi connectivity index (χ1n) is 9.00. The van der Waals surface area contributed by atoms with Gasteiger partial charge in [-0.25, -0.2) is 0 Å². The average molecular weight is 377 g/mol. The first-order valence-corrected chi connectivity index (χ1v) is 9.00. The number of aromatic amines is 2. The van der Waals surface area contributed by atoms with Crippen molar-refractivity contribution < 1.29 is 4.74 Å². The molecule has 0 aliphatic rings. The van der Waals surface area contributed by atoms with Crippen LogP contribution in [-0.2, 0) is 0 Å². The molecule has 144 valence electrons. The number of H-pyrrole nitrogens is 2. The highest BCUT2D eigenvalue weighted by atomic mass is 16.5. The van der Waals surface area contributed by atoms with Crippen LogP contribution in [0.15, 0.2) is 64.2 Å². The minimum atomic E-state index is -0.354. The van der Waals surface area contributed by atoms with Gasteiger partial charge in [0.25, 0.3) is 11.1 Å². The van der Waals surface area contributed by atoms with Gasteiger partial charge in [0.05, 0.1) is 0 Å². The topological polar surface area (TPSA) is 78.2 Å². The number of hydrogen-bond acceptors (Lipinski definition) is 4. The molecule has 0 atom stereocenters. The van der Waals surface area contributed by atoms with E-state index in [4.69, 9.17) is 4.74 Å². The van der Waals surface area contributed by atoms with Crippen LogP contribution in [0.5, 0.6) is 5.75 Å². The first kappa shape index (κ1) is 19.4. The van der Waals surface area contributed by atoms with E-state index in [1.54, 1.807) is 12.2 Å². The number of nitrogens with zero attached hydrogens (tertiary/aromatic N) is 1.